The van der Waals surface area contributed by atoms with Crippen molar-refractivity contribution in [1.82, 2.24) is 4.98 Å². The molecule has 1 rings (SSSR count). The number of pyridine rings is 1. The first-order valence-electron chi connectivity index (χ1n) is 3.73. The molecule has 0 spiro atoms. The lowest BCUT2D eigenvalue weighted by atomic mass is 9.78. The van der Waals surface area contributed by atoms with Crippen LogP contribution in [0, 0.1) is 6.92 Å². The van der Waals surface area contributed by atoms with Crippen LogP contribution in [0.2, 0.25) is 0 Å². The molecular formula is C7H7BF3NO2. The molecule has 7 heteroatoms. The van der Waals surface area contributed by atoms with Crippen molar-refractivity contribution in [2.24, 2.45) is 0 Å². The van der Waals surface area contributed by atoms with Crippen LogP contribution in [0.25, 0.3) is 0 Å². The molecular weight excluding hydrogens is 198 g/mol. The zero-order valence-electron chi connectivity index (χ0n) is 7.21. The third-order valence-corrected chi connectivity index (χ3v) is 1.61. The molecule has 0 aliphatic carbocycles. The monoisotopic (exact) mass is 205 g/mol. The molecule has 0 saturated carbocycles. The summed E-state index contributed by atoms with van der Waals surface area (Å²) in [4.78, 5) is 3.22. The topological polar surface area (TPSA) is 53.4 Å². The van der Waals surface area contributed by atoms with E-state index in [0.29, 0.717) is 0 Å². The lowest BCUT2D eigenvalue weighted by molar-refractivity contribution is -0.140. The van der Waals surface area contributed by atoms with Crippen LogP contribution in [0.1, 0.15) is 11.4 Å². The van der Waals surface area contributed by atoms with Crippen molar-refractivity contribution >= 4 is 12.6 Å². The zero-order chi connectivity index (χ0) is 10.9. The van der Waals surface area contributed by atoms with Crippen LogP contribution in [0.4, 0.5) is 13.2 Å². The van der Waals surface area contributed by atoms with E-state index in [4.69, 9.17) is 10.0 Å². The summed E-state index contributed by atoms with van der Waals surface area (Å²) in [5.41, 5.74) is -1.72. The second kappa shape index (κ2) is 3.59. The predicted molar refractivity (Wildman–Crippen MR) is 43.8 cm³/mol. The summed E-state index contributed by atoms with van der Waals surface area (Å²) >= 11 is 0. The molecule has 1 aromatic rings. The Bertz CT molecular complexity index is 340. The van der Waals surface area contributed by atoms with Crippen molar-refractivity contribution in [3.63, 3.8) is 0 Å². The lowest BCUT2D eigenvalue weighted by Crippen LogP contribution is -2.37. The minimum Gasteiger partial charge on any atom is -0.423 e. The maximum absolute atomic E-state index is 12.3. The fourth-order valence-electron chi connectivity index (χ4n) is 1.00. The second-order valence-corrected chi connectivity index (χ2v) is 2.76. The van der Waals surface area contributed by atoms with Crippen molar-refractivity contribution in [3.05, 3.63) is 23.5 Å². The quantitative estimate of drug-likeness (QED) is 0.638. The molecule has 2 N–H and O–H groups in total. The van der Waals surface area contributed by atoms with Gasteiger partial charge < -0.3 is 10.0 Å². The van der Waals surface area contributed by atoms with Crippen molar-refractivity contribution < 1.29 is 23.2 Å². The lowest BCUT2D eigenvalue weighted by Gasteiger charge is -2.11. The number of aryl methyl sites for hydroxylation is 1. The van der Waals surface area contributed by atoms with Crippen LogP contribution in [0.5, 0.6) is 0 Å². The van der Waals surface area contributed by atoms with Crippen LogP contribution in [0.15, 0.2) is 12.1 Å². The van der Waals surface area contributed by atoms with E-state index in [9.17, 15) is 13.2 Å². The number of halogens is 3. The summed E-state index contributed by atoms with van der Waals surface area (Å²) < 4.78 is 36.9. The van der Waals surface area contributed by atoms with E-state index in [2.05, 4.69) is 4.98 Å². The van der Waals surface area contributed by atoms with E-state index in [1.807, 2.05) is 0 Å². The van der Waals surface area contributed by atoms with Gasteiger partial charge in [-0.2, -0.15) is 13.2 Å². The number of alkyl halides is 3. The maximum Gasteiger partial charge on any atom is 0.490 e. The molecule has 0 fully saturated rings. The fourth-order valence-corrected chi connectivity index (χ4v) is 1.00. The van der Waals surface area contributed by atoms with Gasteiger partial charge in [0.1, 0.15) is 5.69 Å². The Labute approximate surface area is 78.4 Å². The van der Waals surface area contributed by atoms with Crippen molar-refractivity contribution in [2.75, 3.05) is 0 Å². The Morgan fingerprint density at radius 3 is 2.29 bits per heavy atom. The molecule has 0 aromatic carbocycles. The second-order valence-electron chi connectivity index (χ2n) is 2.76. The van der Waals surface area contributed by atoms with Gasteiger partial charge in [-0.25, -0.2) is 4.98 Å². The van der Waals surface area contributed by atoms with Crippen LogP contribution >= 0.6 is 0 Å². The third-order valence-electron chi connectivity index (χ3n) is 1.61. The molecule has 1 heterocycles. The van der Waals surface area contributed by atoms with Gasteiger partial charge in [0.15, 0.2) is 0 Å². The zero-order valence-corrected chi connectivity index (χ0v) is 7.21. The summed E-state index contributed by atoms with van der Waals surface area (Å²) in [7, 11) is -2.17. The van der Waals surface area contributed by atoms with E-state index >= 15 is 0 Å². The Morgan fingerprint density at radius 2 is 1.86 bits per heavy atom. The number of hydrogen-bond acceptors (Lipinski definition) is 3. The van der Waals surface area contributed by atoms with E-state index in [1.54, 1.807) is 0 Å². The minimum atomic E-state index is -4.68. The van der Waals surface area contributed by atoms with Gasteiger partial charge in [0.2, 0.25) is 0 Å². The highest BCUT2D eigenvalue weighted by Gasteiger charge is 2.38. The van der Waals surface area contributed by atoms with Gasteiger partial charge in [0.25, 0.3) is 0 Å². The van der Waals surface area contributed by atoms with E-state index in [1.165, 1.54) is 13.0 Å². The highest BCUT2D eigenvalue weighted by atomic mass is 19.4. The van der Waals surface area contributed by atoms with Gasteiger partial charge in [-0.15, -0.1) is 0 Å². The molecule has 0 atom stereocenters. The maximum atomic E-state index is 12.3. The average molecular weight is 205 g/mol. The largest absolute Gasteiger partial charge is 0.490 e. The fraction of sp³-hybridized carbons (Fsp3) is 0.286. The smallest absolute Gasteiger partial charge is 0.423 e. The molecule has 0 aliphatic heterocycles. The third kappa shape index (κ3) is 2.24. The summed E-state index contributed by atoms with van der Waals surface area (Å²) in [6.07, 6.45) is -4.68. The molecule has 76 valence electrons. The van der Waals surface area contributed by atoms with Gasteiger partial charge >= 0.3 is 13.3 Å². The molecule has 0 radical (unpaired) electrons. The summed E-state index contributed by atoms with van der Waals surface area (Å²) in [5, 5.41) is 17.3. The van der Waals surface area contributed by atoms with Crippen LogP contribution < -0.4 is 5.46 Å². The molecule has 1 aromatic heterocycles. The van der Waals surface area contributed by atoms with Gasteiger partial charge in [0.05, 0.1) is 0 Å². The normalized spacial score (nSPS) is 11.6. The summed E-state index contributed by atoms with van der Waals surface area (Å²) in [6.45, 7) is 1.39. The summed E-state index contributed by atoms with van der Waals surface area (Å²) in [6, 6.07) is 2.28. The summed E-state index contributed by atoms with van der Waals surface area (Å²) in [5.74, 6) is 0. The van der Waals surface area contributed by atoms with E-state index in [-0.39, 0.29) is 5.69 Å². The van der Waals surface area contributed by atoms with Gasteiger partial charge in [0, 0.05) is 11.2 Å². The SMILES string of the molecule is Cc1ccc(B(O)O)c(C(F)(F)F)n1. The van der Waals surface area contributed by atoms with Crippen molar-refractivity contribution in [2.45, 2.75) is 13.1 Å². The molecule has 0 amide bonds. The first kappa shape index (κ1) is 11.0. The Balaban J connectivity index is 3.30. The van der Waals surface area contributed by atoms with E-state index in [0.717, 1.165) is 6.07 Å². The number of hydrogen-bond donors (Lipinski definition) is 2. The molecule has 0 unspecified atom stereocenters. The first-order valence-corrected chi connectivity index (χ1v) is 3.73. The molecule has 0 bridgehead atoms. The molecule has 14 heavy (non-hydrogen) atoms. The number of aromatic nitrogens is 1. The van der Waals surface area contributed by atoms with Gasteiger partial charge in [-0.05, 0) is 13.0 Å². The molecule has 0 saturated heterocycles. The minimum absolute atomic E-state index is 0.168. The first-order chi connectivity index (χ1) is 6.32. The molecule has 3 nitrogen and oxygen atoms in total. The van der Waals surface area contributed by atoms with Gasteiger partial charge in [-0.3, -0.25) is 0 Å². The van der Waals surface area contributed by atoms with E-state index < -0.39 is 24.5 Å². The predicted octanol–water partition coefficient (Wildman–Crippen LogP) is 0.0886. The van der Waals surface area contributed by atoms with Crippen molar-refractivity contribution in [3.8, 4) is 0 Å². The number of rotatable bonds is 1. The van der Waals surface area contributed by atoms with Crippen LogP contribution in [-0.4, -0.2) is 22.2 Å². The van der Waals surface area contributed by atoms with Gasteiger partial charge in [-0.1, -0.05) is 6.07 Å². The molecule has 0 aliphatic rings. The van der Waals surface area contributed by atoms with Crippen LogP contribution in [-0.2, 0) is 6.18 Å². The highest BCUT2D eigenvalue weighted by Crippen LogP contribution is 2.26. The average Bonchev–Trinajstić information content (AvgIpc) is 2.01. The highest BCUT2D eigenvalue weighted by molar-refractivity contribution is 6.59. The van der Waals surface area contributed by atoms with Crippen molar-refractivity contribution in [1.29, 1.82) is 0 Å². The Morgan fingerprint density at radius 1 is 1.29 bits per heavy atom. The Hall–Kier alpha value is -1.08. The number of nitrogens with zero attached hydrogens (tertiary/aromatic N) is 1. The standard InChI is InChI=1S/C7H7BF3NO2/c1-4-2-3-5(8(13)14)6(12-4)7(9,10)11/h2-3,13-14H,1H3. The Kier molecular flexibility index (Phi) is 2.82. The van der Waals surface area contributed by atoms with Crippen LogP contribution in [0.3, 0.4) is 0 Å².